The molecule has 8 nitrogen and oxygen atoms in total. The first-order valence-electron chi connectivity index (χ1n) is 10.5. The number of cyclic esters (lactones) is 1. The minimum Gasteiger partial charge on any atom is -0.448 e. The highest BCUT2D eigenvalue weighted by atomic mass is 35.5. The van der Waals surface area contributed by atoms with Crippen LogP contribution in [0.5, 0.6) is 0 Å². The molecule has 0 saturated carbocycles. The molecule has 3 aromatic rings. The first kappa shape index (κ1) is 22.7. The summed E-state index contributed by atoms with van der Waals surface area (Å²) in [5.41, 5.74) is 4.32. The van der Waals surface area contributed by atoms with Gasteiger partial charge < -0.3 is 25.4 Å². The van der Waals surface area contributed by atoms with E-state index in [-0.39, 0.29) is 25.1 Å². The van der Waals surface area contributed by atoms with Crippen molar-refractivity contribution in [3.05, 3.63) is 36.4 Å². The predicted molar refractivity (Wildman–Crippen MR) is 128 cm³/mol. The molecule has 170 valence electrons. The minimum absolute atomic E-state index is 0. The molecule has 2 aliphatic heterocycles. The Hall–Kier alpha value is -2.46. The van der Waals surface area contributed by atoms with Gasteiger partial charge in [0.2, 0.25) is 0 Å². The van der Waals surface area contributed by atoms with Gasteiger partial charge >= 0.3 is 6.09 Å². The molecule has 5 rings (SSSR count). The van der Waals surface area contributed by atoms with E-state index in [1.54, 1.807) is 16.7 Å². The number of aromatic nitrogens is 2. The number of ether oxygens (including phenoxy) is 1. The summed E-state index contributed by atoms with van der Waals surface area (Å²) in [6.07, 6.45) is -0.236. The number of halogens is 1. The molecule has 2 aromatic carbocycles. The Morgan fingerprint density at radius 1 is 1.12 bits per heavy atom. The topological polar surface area (TPSA) is 91.7 Å². The second-order valence-electron chi connectivity index (χ2n) is 7.51. The van der Waals surface area contributed by atoms with Crippen LogP contribution in [0.15, 0.2) is 46.2 Å². The Balaban J connectivity index is 0.00000245. The summed E-state index contributed by atoms with van der Waals surface area (Å²) in [5.74, 6) is 0. The maximum absolute atomic E-state index is 11.7. The van der Waals surface area contributed by atoms with Gasteiger partial charge in [-0.15, -0.1) is 12.4 Å². The summed E-state index contributed by atoms with van der Waals surface area (Å²) in [6, 6.07) is 12.6. The van der Waals surface area contributed by atoms with Crippen molar-refractivity contribution >= 4 is 46.9 Å². The van der Waals surface area contributed by atoms with Gasteiger partial charge in [-0.05, 0) is 18.2 Å². The zero-order valence-electron chi connectivity index (χ0n) is 17.5. The Morgan fingerprint density at radius 2 is 2.00 bits per heavy atom. The average Bonchev–Trinajstić information content (AvgIpc) is 3.37. The van der Waals surface area contributed by atoms with Gasteiger partial charge in [0.25, 0.3) is 0 Å². The van der Waals surface area contributed by atoms with Crippen molar-refractivity contribution < 1.29 is 14.6 Å². The lowest BCUT2D eigenvalue weighted by Crippen LogP contribution is -2.29. The Labute approximate surface area is 196 Å². The average molecular weight is 476 g/mol. The SMILES string of the molecule is Cl.O=C1OCCN1CCNc1ccc2c3c(nn2CCNCCO)-c2ccccc2Sc13. The van der Waals surface area contributed by atoms with E-state index in [2.05, 4.69) is 47.0 Å². The zero-order chi connectivity index (χ0) is 21.2. The van der Waals surface area contributed by atoms with Crippen LogP contribution in [0.25, 0.3) is 22.2 Å². The highest BCUT2D eigenvalue weighted by Gasteiger charge is 2.26. The van der Waals surface area contributed by atoms with Crippen molar-refractivity contribution in [3.63, 3.8) is 0 Å². The summed E-state index contributed by atoms with van der Waals surface area (Å²) < 4.78 is 7.06. The molecule has 3 heterocycles. The van der Waals surface area contributed by atoms with Crippen molar-refractivity contribution in [1.82, 2.24) is 20.0 Å². The molecular weight excluding hydrogens is 450 g/mol. The van der Waals surface area contributed by atoms with E-state index in [4.69, 9.17) is 14.9 Å². The molecule has 0 spiro atoms. The molecule has 0 bridgehead atoms. The Morgan fingerprint density at radius 3 is 2.81 bits per heavy atom. The van der Waals surface area contributed by atoms with Crippen LogP contribution in [-0.4, -0.2) is 71.8 Å². The molecule has 1 aromatic heterocycles. The van der Waals surface area contributed by atoms with E-state index >= 15 is 0 Å². The minimum atomic E-state index is -0.236. The number of carbonyl (C=O) groups is 1. The number of benzene rings is 2. The standard InChI is InChI=1S/C22H25N5O3S.ClH/c28-13-9-23-7-11-27-17-6-5-16(24-8-10-26-12-14-30-22(26)29)21-19(17)20(25-27)15-3-1-2-4-18(15)31-21;/h1-6,23-24,28H,7-14H2;1H. The molecule has 0 aliphatic carbocycles. The van der Waals surface area contributed by atoms with Gasteiger partial charge in [-0.1, -0.05) is 30.0 Å². The van der Waals surface area contributed by atoms with E-state index in [0.29, 0.717) is 32.8 Å². The highest BCUT2D eigenvalue weighted by Crippen LogP contribution is 2.50. The molecule has 32 heavy (non-hydrogen) atoms. The van der Waals surface area contributed by atoms with Gasteiger partial charge in [0.1, 0.15) is 12.3 Å². The van der Waals surface area contributed by atoms with Crippen molar-refractivity contribution in [2.75, 3.05) is 51.3 Å². The van der Waals surface area contributed by atoms with E-state index in [1.807, 2.05) is 4.68 Å². The number of amides is 1. The lowest BCUT2D eigenvalue weighted by Gasteiger charge is -2.20. The normalized spacial score (nSPS) is 14.3. The smallest absolute Gasteiger partial charge is 0.409 e. The highest BCUT2D eigenvalue weighted by molar-refractivity contribution is 8.00. The molecule has 1 saturated heterocycles. The third kappa shape index (κ3) is 4.25. The maximum Gasteiger partial charge on any atom is 0.409 e. The van der Waals surface area contributed by atoms with Gasteiger partial charge in [-0.25, -0.2) is 4.79 Å². The summed E-state index contributed by atoms with van der Waals surface area (Å²) in [7, 11) is 0. The predicted octanol–water partition coefficient (Wildman–Crippen LogP) is 3.04. The summed E-state index contributed by atoms with van der Waals surface area (Å²) >= 11 is 1.76. The number of anilines is 1. The summed E-state index contributed by atoms with van der Waals surface area (Å²) in [6.45, 7) is 4.57. The Bertz CT molecular complexity index is 1120. The quantitative estimate of drug-likeness (QED) is 0.320. The molecule has 0 atom stereocenters. The van der Waals surface area contributed by atoms with Gasteiger partial charge in [0, 0.05) is 52.6 Å². The van der Waals surface area contributed by atoms with E-state index < -0.39 is 0 Å². The van der Waals surface area contributed by atoms with Crippen molar-refractivity contribution in [2.24, 2.45) is 0 Å². The molecule has 1 fully saturated rings. The largest absolute Gasteiger partial charge is 0.448 e. The molecule has 10 heteroatoms. The van der Waals surface area contributed by atoms with Gasteiger partial charge in [0.15, 0.2) is 0 Å². The third-order valence-electron chi connectivity index (χ3n) is 5.56. The van der Waals surface area contributed by atoms with Gasteiger partial charge in [-0.3, -0.25) is 4.68 Å². The molecule has 0 unspecified atom stereocenters. The van der Waals surface area contributed by atoms with Crippen molar-refractivity contribution in [3.8, 4) is 11.3 Å². The van der Waals surface area contributed by atoms with Crippen LogP contribution in [-0.2, 0) is 11.3 Å². The van der Waals surface area contributed by atoms with E-state index in [9.17, 15) is 4.79 Å². The fraction of sp³-hybridized carbons (Fsp3) is 0.364. The fourth-order valence-corrected chi connectivity index (χ4v) is 5.24. The lowest BCUT2D eigenvalue weighted by atomic mass is 10.1. The number of aliphatic hydroxyl groups excluding tert-OH is 1. The third-order valence-corrected chi connectivity index (χ3v) is 6.76. The molecule has 0 radical (unpaired) electrons. The van der Waals surface area contributed by atoms with Crippen LogP contribution in [0.2, 0.25) is 0 Å². The Kier molecular flexibility index (Phi) is 7.10. The summed E-state index contributed by atoms with van der Waals surface area (Å²) in [4.78, 5) is 15.8. The van der Waals surface area contributed by atoms with Crippen molar-refractivity contribution in [1.29, 1.82) is 0 Å². The number of hydrogen-bond acceptors (Lipinski definition) is 7. The molecular formula is C22H26ClN5O3S. The number of rotatable bonds is 9. The number of carbonyl (C=O) groups excluding carboxylic acids is 1. The van der Waals surface area contributed by atoms with Crippen LogP contribution >= 0.6 is 24.2 Å². The molecule has 2 aliphatic rings. The first-order chi connectivity index (χ1) is 15.3. The van der Waals surface area contributed by atoms with E-state index in [1.165, 1.54) is 9.79 Å². The monoisotopic (exact) mass is 475 g/mol. The number of nitrogens with zero attached hydrogens (tertiary/aromatic N) is 3. The van der Waals surface area contributed by atoms with E-state index in [0.717, 1.165) is 40.9 Å². The molecule has 1 amide bonds. The van der Waals surface area contributed by atoms with Crippen LogP contribution in [0, 0.1) is 0 Å². The lowest BCUT2D eigenvalue weighted by molar-refractivity contribution is 0.159. The second-order valence-corrected chi connectivity index (χ2v) is 8.56. The van der Waals surface area contributed by atoms with Gasteiger partial charge in [0.05, 0.1) is 25.2 Å². The number of hydrogen-bond donors (Lipinski definition) is 3. The molecule has 3 N–H and O–H groups in total. The van der Waals surface area contributed by atoms with Gasteiger partial charge in [-0.2, -0.15) is 5.10 Å². The summed E-state index contributed by atoms with van der Waals surface area (Å²) in [5, 5.41) is 21.9. The second kappa shape index (κ2) is 9.99. The zero-order valence-corrected chi connectivity index (χ0v) is 19.2. The number of aliphatic hydroxyl groups is 1. The maximum atomic E-state index is 11.7. The van der Waals surface area contributed by atoms with Crippen LogP contribution < -0.4 is 10.6 Å². The van der Waals surface area contributed by atoms with Crippen LogP contribution in [0.4, 0.5) is 10.5 Å². The number of nitrogens with one attached hydrogen (secondary N) is 2. The number of fused-ring (bicyclic) bond motifs is 2. The first-order valence-corrected chi connectivity index (χ1v) is 11.4. The van der Waals surface area contributed by atoms with Crippen molar-refractivity contribution in [2.45, 2.75) is 16.3 Å². The van der Waals surface area contributed by atoms with Crippen LogP contribution in [0.3, 0.4) is 0 Å². The van der Waals surface area contributed by atoms with Crippen LogP contribution in [0.1, 0.15) is 0 Å². The fourth-order valence-electron chi connectivity index (χ4n) is 4.05.